The fourth-order valence-corrected chi connectivity index (χ4v) is 2.42. The maximum absolute atomic E-state index is 11.4. The number of carbonyl (C=O) groups is 1. The summed E-state index contributed by atoms with van der Waals surface area (Å²) in [6.07, 6.45) is 3.74. The quantitative estimate of drug-likeness (QED) is 0.655. The molecule has 1 saturated heterocycles. The Morgan fingerprint density at radius 2 is 2.06 bits per heavy atom. The molecule has 0 aliphatic carbocycles. The number of rotatable bonds is 2. The van der Waals surface area contributed by atoms with Gasteiger partial charge in [0.15, 0.2) is 0 Å². The van der Waals surface area contributed by atoms with Crippen molar-refractivity contribution in [3.63, 3.8) is 0 Å². The smallest absolute Gasteiger partial charge is 0.263 e. The monoisotopic (exact) mass is 261 g/mol. The molecule has 1 aliphatic heterocycles. The van der Waals surface area contributed by atoms with E-state index < -0.39 is 0 Å². The molecule has 0 atom stereocenters. The molecule has 1 aromatic carbocycles. The molecule has 0 unspecified atom stereocenters. The van der Waals surface area contributed by atoms with E-state index in [4.69, 9.17) is 12.2 Å². The first-order valence-corrected chi connectivity index (χ1v) is 6.36. The molecule has 2 rings (SSSR count). The fraction of sp³-hybridized carbons (Fsp3) is 0.0769. The first-order valence-electron chi connectivity index (χ1n) is 5.14. The highest BCUT2D eigenvalue weighted by Crippen LogP contribution is 2.24. The molecule has 0 aromatic heterocycles. The Hall–Kier alpha value is -1.39. The van der Waals surface area contributed by atoms with Crippen LogP contribution < -0.4 is 5.32 Å². The van der Waals surface area contributed by atoms with Gasteiger partial charge in [-0.15, -0.1) is 0 Å². The Morgan fingerprint density at radius 3 is 2.65 bits per heavy atom. The van der Waals surface area contributed by atoms with Crippen molar-refractivity contribution in [2.75, 3.05) is 0 Å². The van der Waals surface area contributed by atoms with Crippen molar-refractivity contribution in [2.45, 2.75) is 6.92 Å². The van der Waals surface area contributed by atoms with Gasteiger partial charge in [0.05, 0.1) is 4.91 Å². The van der Waals surface area contributed by atoms with Crippen LogP contribution in [0.4, 0.5) is 0 Å². The van der Waals surface area contributed by atoms with Crippen LogP contribution in [0.2, 0.25) is 0 Å². The van der Waals surface area contributed by atoms with Crippen molar-refractivity contribution in [2.24, 2.45) is 0 Å². The summed E-state index contributed by atoms with van der Waals surface area (Å²) in [5.74, 6) is -0.114. The zero-order valence-electron chi connectivity index (χ0n) is 9.27. The van der Waals surface area contributed by atoms with Gasteiger partial charge in [-0.05, 0) is 24.1 Å². The second-order valence-corrected chi connectivity index (χ2v) is 5.31. The van der Waals surface area contributed by atoms with Gasteiger partial charge in [0.25, 0.3) is 5.91 Å². The number of hydrogen-bond acceptors (Lipinski definition) is 3. The van der Waals surface area contributed by atoms with Crippen LogP contribution in [0.5, 0.6) is 0 Å². The molecular weight excluding hydrogens is 250 g/mol. The highest BCUT2D eigenvalue weighted by atomic mass is 32.2. The number of allylic oxidation sites excluding steroid dienone is 3. The van der Waals surface area contributed by atoms with Gasteiger partial charge < -0.3 is 5.32 Å². The lowest BCUT2D eigenvalue weighted by Crippen LogP contribution is -2.17. The minimum absolute atomic E-state index is 0.114. The number of nitrogens with one attached hydrogen (secondary N) is 1. The molecule has 1 heterocycles. The molecule has 1 N–H and O–H groups in total. The molecular formula is C13H11NOS2. The Kier molecular flexibility index (Phi) is 3.76. The maximum atomic E-state index is 11.4. The summed E-state index contributed by atoms with van der Waals surface area (Å²) >= 11 is 6.21. The average molecular weight is 261 g/mol. The van der Waals surface area contributed by atoms with Crippen molar-refractivity contribution in [3.8, 4) is 0 Å². The summed E-state index contributed by atoms with van der Waals surface area (Å²) in [4.78, 5) is 12.1. The van der Waals surface area contributed by atoms with E-state index in [0.29, 0.717) is 9.23 Å². The Bertz CT molecular complexity index is 517. The molecule has 1 aromatic rings. The molecule has 1 amide bonds. The Labute approximate surface area is 110 Å². The van der Waals surface area contributed by atoms with Gasteiger partial charge in [-0.1, -0.05) is 60.4 Å². The minimum Gasteiger partial charge on any atom is -0.307 e. The Balaban J connectivity index is 2.19. The average Bonchev–Trinajstić information content (AvgIpc) is 2.66. The summed E-state index contributed by atoms with van der Waals surface area (Å²) < 4.78 is 0.520. The molecule has 1 aliphatic rings. The molecule has 86 valence electrons. The number of benzene rings is 1. The van der Waals surface area contributed by atoms with Crippen LogP contribution in [0, 0.1) is 0 Å². The summed E-state index contributed by atoms with van der Waals surface area (Å²) in [7, 11) is 0. The van der Waals surface area contributed by atoms with Crippen molar-refractivity contribution in [1.29, 1.82) is 0 Å². The van der Waals surface area contributed by atoms with Crippen molar-refractivity contribution >= 4 is 39.8 Å². The van der Waals surface area contributed by atoms with Crippen LogP contribution in [0.1, 0.15) is 12.5 Å². The number of carbonyl (C=O) groups excluding carboxylic acids is 1. The van der Waals surface area contributed by atoms with Gasteiger partial charge >= 0.3 is 0 Å². The predicted molar refractivity (Wildman–Crippen MR) is 76.5 cm³/mol. The van der Waals surface area contributed by atoms with E-state index in [1.807, 2.05) is 49.4 Å². The lowest BCUT2D eigenvalue weighted by atomic mass is 10.1. The standard InChI is InChI=1S/C13H11NOS2/c1-9(10-5-3-2-4-6-10)7-8-11-12(15)14-13(16)17-11/h2-8H,1H3,(H,14,15,16)/b9-7-,11-8+. The van der Waals surface area contributed by atoms with Gasteiger partial charge in [0, 0.05) is 0 Å². The zero-order valence-corrected chi connectivity index (χ0v) is 10.9. The lowest BCUT2D eigenvalue weighted by molar-refractivity contribution is -0.115. The number of thiocarbonyl (C=S) groups is 1. The van der Waals surface area contributed by atoms with Crippen LogP contribution in [0.25, 0.3) is 5.57 Å². The number of hydrogen-bond donors (Lipinski definition) is 1. The third-order valence-corrected chi connectivity index (χ3v) is 3.54. The van der Waals surface area contributed by atoms with Crippen LogP contribution in [0.3, 0.4) is 0 Å². The largest absolute Gasteiger partial charge is 0.307 e. The van der Waals surface area contributed by atoms with Crippen LogP contribution in [-0.2, 0) is 4.79 Å². The number of thioether (sulfide) groups is 1. The predicted octanol–water partition coefficient (Wildman–Crippen LogP) is 3.12. The fourth-order valence-electron chi connectivity index (χ4n) is 1.43. The van der Waals surface area contributed by atoms with E-state index in [1.54, 1.807) is 0 Å². The molecule has 1 fully saturated rings. The van der Waals surface area contributed by atoms with Gasteiger partial charge in [-0.25, -0.2) is 0 Å². The first kappa shape index (κ1) is 12.1. The van der Waals surface area contributed by atoms with Crippen molar-refractivity contribution in [1.82, 2.24) is 5.32 Å². The first-order chi connectivity index (χ1) is 8.16. The van der Waals surface area contributed by atoms with Crippen molar-refractivity contribution in [3.05, 3.63) is 53.0 Å². The highest BCUT2D eigenvalue weighted by molar-refractivity contribution is 8.26. The SMILES string of the molecule is C/C(=C/C=C1/SC(=S)NC1=O)c1ccccc1. The minimum atomic E-state index is -0.114. The zero-order chi connectivity index (χ0) is 12.3. The van der Waals surface area contributed by atoms with E-state index in [-0.39, 0.29) is 5.91 Å². The van der Waals surface area contributed by atoms with Crippen LogP contribution in [0.15, 0.2) is 47.4 Å². The highest BCUT2D eigenvalue weighted by Gasteiger charge is 2.21. The number of amides is 1. The molecule has 17 heavy (non-hydrogen) atoms. The van der Waals surface area contributed by atoms with E-state index in [0.717, 1.165) is 11.1 Å². The van der Waals surface area contributed by atoms with Gasteiger partial charge in [0.1, 0.15) is 4.32 Å². The maximum Gasteiger partial charge on any atom is 0.263 e. The molecule has 0 radical (unpaired) electrons. The summed E-state index contributed by atoms with van der Waals surface area (Å²) in [6, 6.07) is 10.0. The van der Waals surface area contributed by atoms with Crippen molar-refractivity contribution < 1.29 is 4.79 Å². The van der Waals surface area contributed by atoms with Gasteiger partial charge in [-0.2, -0.15) is 0 Å². The summed E-state index contributed by atoms with van der Waals surface area (Å²) in [5, 5.41) is 2.59. The topological polar surface area (TPSA) is 29.1 Å². The van der Waals surface area contributed by atoms with E-state index >= 15 is 0 Å². The van der Waals surface area contributed by atoms with Gasteiger partial charge in [-0.3, -0.25) is 4.79 Å². The molecule has 4 heteroatoms. The molecule has 0 bridgehead atoms. The Morgan fingerprint density at radius 1 is 1.35 bits per heavy atom. The second-order valence-electron chi connectivity index (χ2n) is 3.59. The third-order valence-electron chi connectivity index (χ3n) is 2.36. The second kappa shape index (κ2) is 5.29. The third kappa shape index (κ3) is 3.05. The van der Waals surface area contributed by atoms with E-state index in [9.17, 15) is 4.79 Å². The lowest BCUT2D eigenvalue weighted by Gasteiger charge is -1.98. The molecule has 0 spiro atoms. The van der Waals surface area contributed by atoms with Gasteiger partial charge in [0.2, 0.25) is 0 Å². The molecule has 0 saturated carbocycles. The summed E-state index contributed by atoms with van der Waals surface area (Å²) in [6.45, 7) is 2.02. The van der Waals surface area contributed by atoms with E-state index in [1.165, 1.54) is 11.8 Å². The van der Waals surface area contributed by atoms with E-state index in [2.05, 4.69) is 5.32 Å². The summed E-state index contributed by atoms with van der Waals surface area (Å²) in [5.41, 5.74) is 2.26. The van der Waals surface area contributed by atoms with Crippen LogP contribution in [-0.4, -0.2) is 10.2 Å². The molecule has 2 nitrogen and oxygen atoms in total. The normalized spacial score (nSPS) is 18.6. The van der Waals surface area contributed by atoms with Crippen LogP contribution >= 0.6 is 24.0 Å².